The third-order valence-corrected chi connectivity index (χ3v) is 8.09. The van der Waals surface area contributed by atoms with Gasteiger partial charge in [0.15, 0.2) is 34.6 Å². The van der Waals surface area contributed by atoms with Gasteiger partial charge in [-0.25, -0.2) is 0 Å². The average Bonchev–Trinajstić information content (AvgIpc) is 3.17. The Balaban J connectivity index is 1.48. The zero-order chi connectivity index (χ0) is 27.9. The molecule has 0 saturated heterocycles. The molecule has 5 aromatic rings. The van der Waals surface area contributed by atoms with Crippen LogP contribution in [0.5, 0.6) is 23.0 Å². The standard InChI is InChI=1S/C35H24N2O4/c1-35(2)33(38)21-19-27(36-23-11-3-7-15-29(23)40-30-16-8-4-12-24(30)36)28(20-22(21)34(35)39)37-25-13-5-9-17-31(25)41-32-18-10-6-14-26(32)37/h3-20H,1-2H3. The highest BCUT2D eigenvalue weighted by atomic mass is 16.5. The van der Waals surface area contributed by atoms with Crippen molar-refractivity contribution in [2.75, 3.05) is 9.80 Å². The van der Waals surface area contributed by atoms with Crippen LogP contribution in [-0.2, 0) is 0 Å². The molecule has 0 N–H and O–H groups in total. The number of nitrogens with zero attached hydrogens (tertiary/aromatic N) is 2. The first-order chi connectivity index (χ1) is 19.9. The summed E-state index contributed by atoms with van der Waals surface area (Å²) in [6.45, 7) is 3.41. The van der Waals surface area contributed by atoms with E-state index in [1.54, 1.807) is 13.8 Å². The second-order valence-electron chi connectivity index (χ2n) is 10.9. The minimum atomic E-state index is -1.14. The van der Waals surface area contributed by atoms with E-state index in [2.05, 4.69) is 9.80 Å². The van der Waals surface area contributed by atoms with Crippen LogP contribution in [0.3, 0.4) is 0 Å². The number of para-hydroxylation sites is 8. The lowest BCUT2D eigenvalue weighted by molar-refractivity contribution is 0.0746. The van der Waals surface area contributed by atoms with Crippen LogP contribution in [0, 0.1) is 5.41 Å². The molecule has 41 heavy (non-hydrogen) atoms. The third-order valence-electron chi connectivity index (χ3n) is 8.09. The summed E-state index contributed by atoms with van der Waals surface area (Å²) in [6.07, 6.45) is 0. The molecule has 6 nitrogen and oxygen atoms in total. The fraction of sp³-hybridized carbons (Fsp3) is 0.0857. The molecular weight excluding hydrogens is 512 g/mol. The van der Waals surface area contributed by atoms with Crippen molar-refractivity contribution < 1.29 is 19.1 Å². The highest BCUT2D eigenvalue weighted by Gasteiger charge is 2.47. The fourth-order valence-electron chi connectivity index (χ4n) is 6.02. The summed E-state index contributed by atoms with van der Waals surface area (Å²) in [4.78, 5) is 31.5. The number of carbonyl (C=O) groups excluding carboxylic acids is 2. The molecule has 0 amide bonds. The van der Waals surface area contributed by atoms with Crippen LogP contribution in [0.15, 0.2) is 109 Å². The van der Waals surface area contributed by atoms with Gasteiger partial charge < -0.3 is 19.3 Å². The van der Waals surface area contributed by atoms with Crippen LogP contribution in [0.4, 0.5) is 34.1 Å². The number of ether oxygens (including phenoxy) is 2. The van der Waals surface area contributed by atoms with Gasteiger partial charge in [0.05, 0.1) is 39.5 Å². The molecule has 5 aromatic carbocycles. The molecule has 0 spiro atoms. The van der Waals surface area contributed by atoms with Gasteiger partial charge in [-0.15, -0.1) is 0 Å². The normalized spacial score (nSPS) is 15.7. The van der Waals surface area contributed by atoms with E-state index in [1.165, 1.54) is 0 Å². The first kappa shape index (κ1) is 23.5. The van der Waals surface area contributed by atoms with Gasteiger partial charge in [0, 0.05) is 11.1 Å². The van der Waals surface area contributed by atoms with Crippen LogP contribution in [0.1, 0.15) is 34.6 Å². The van der Waals surface area contributed by atoms with Gasteiger partial charge in [-0.3, -0.25) is 9.59 Å². The number of Topliss-reactive ketones (excluding diaryl/α,β-unsaturated/α-hetero) is 2. The predicted molar refractivity (Wildman–Crippen MR) is 158 cm³/mol. The van der Waals surface area contributed by atoms with Crippen molar-refractivity contribution in [3.63, 3.8) is 0 Å². The summed E-state index contributed by atoms with van der Waals surface area (Å²) >= 11 is 0. The van der Waals surface area contributed by atoms with Crippen molar-refractivity contribution in [2.24, 2.45) is 5.41 Å². The molecule has 0 fully saturated rings. The Morgan fingerprint density at radius 1 is 0.463 bits per heavy atom. The maximum atomic E-state index is 13.6. The van der Waals surface area contributed by atoms with Crippen LogP contribution in [0.2, 0.25) is 0 Å². The number of anilines is 6. The smallest absolute Gasteiger partial charge is 0.177 e. The Morgan fingerprint density at radius 3 is 1.07 bits per heavy atom. The average molecular weight is 537 g/mol. The Morgan fingerprint density at radius 2 is 0.756 bits per heavy atom. The monoisotopic (exact) mass is 536 g/mol. The Kier molecular flexibility index (Phi) is 4.77. The van der Waals surface area contributed by atoms with Gasteiger partial charge in [0.25, 0.3) is 0 Å². The molecule has 2 aliphatic heterocycles. The van der Waals surface area contributed by atoms with Gasteiger partial charge in [0.1, 0.15) is 0 Å². The zero-order valence-corrected chi connectivity index (χ0v) is 22.4. The van der Waals surface area contributed by atoms with Crippen molar-refractivity contribution in [3.8, 4) is 23.0 Å². The summed E-state index contributed by atoms with van der Waals surface area (Å²) < 4.78 is 12.6. The van der Waals surface area contributed by atoms with Crippen LogP contribution < -0.4 is 19.3 Å². The van der Waals surface area contributed by atoms with Crippen LogP contribution in [-0.4, -0.2) is 11.6 Å². The predicted octanol–water partition coefficient (Wildman–Crippen LogP) is 9.24. The lowest BCUT2D eigenvalue weighted by Crippen LogP contribution is -2.25. The number of hydrogen-bond donors (Lipinski definition) is 0. The van der Waals surface area contributed by atoms with E-state index in [4.69, 9.17) is 9.47 Å². The summed E-state index contributed by atoms with van der Waals surface area (Å²) in [7, 11) is 0. The summed E-state index contributed by atoms with van der Waals surface area (Å²) in [5.74, 6) is 2.43. The molecule has 0 unspecified atom stereocenters. The fourth-order valence-corrected chi connectivity index (χ4v) is 6.02. The van der Waals surface area contributed by atoms with E-state index in [0.29, 0.717) is 34.1 Å². The highest BCUT2D eigenvalue weighted by Crippen LogP contribution is 2.58. The molecule has 0 aromatic heterocycles. The minimum absolute atomic E-state index is 0.178. The number of fused-ring (bicyclic) bond motifs is 5. The number of rotatable bonds is 2. The van der Waals surface area contributed by atoms with Gasteiger partial charge >= 0.3 is 0 Å². The van der Waals surface area contributed by atoms with E-state index in [-0.39, 0.29) is 11.6 Å². The van der Waals surface area contributed by atoms with Gasteiger partial charge in [-0.05, 0) is 74.5 Å². The molecule has 3 aliphatic rings. The Hall–Kier alpha value is -5.36. The Bertz CT molecular complexity index is 1710. The molecule has 2 heterocycles. The van der Waals surface area contributed by atoms with Gasteiger partial charge in [0.2, 0.25) is 0 Å². The molecule has 0 saturated carbocycles. The van der Waals surface area contributed by atoms with E-state index in [0.717, 1.165) is 34.1 Å². The molecule has 0 radical (unpaired) electrons. The SMILES string of the molecule is CC1(C)C(=O)c2cc(N3c4ccccc4Oc4ccccc43)c(N3c4ccccc4Oc4ccccc43)cc2C1=O. The van der Waals surface area contributed by atoms with Crippen molar-refractivity contribution in [1.29, 1.82) is 0 Å². The maximum absolute atomic E-state index is 13.6. The number of benzene rings is 5. The highest BCUT2D eigenvalue weighted by molar-refractivity contribution is 6.30. The van der Waals surface area contributed by atoms with E-state index in [9.17, 15) is 9.59 Å². The molecule has 1 aliphatic carbocycles. The van der Waals surface area contributed by atoms with Crippen molar-refractivity contribution in [1.82, 2.24) is 0 Å². The topological polar surface area (TPSA) is 59.1 Å². The first-order valence-corrected chi connectivity index (χ1v) is 13.5. The number of carbonyl (C=O) groups is 2. The zero-order valence-electron chi connectivity index (χ0n) is 22.4. The summed E-state index contributed by atoms with van der Waals surface area (Å²) in [6, 6.07) is 35.1. The summed E-state index contributed by atoms with van der Waals surface area (Å²) in [5.41, 5.74) is 4.53. The lowest BCUT2D eigenvalue weighted by atomic mass is 9.88. The van der Waals surface area contributed by atoms with E-state index < -0.39 is 5.41 Å². The Labute approximate surface area is 237 Å². The molecule has 8 rings (SSSR count). The first-order valence-electron chi connectivity index (χ1n) is 13.5. The van der Waals surface area contributed by atoms with E-state index >= 15 is 0 Å². The van der Waals surface area contributed by atoms with Crippen LogP contribution >= 0.6 is 0 Å². The molecule has 0 bridgehead atoms. The minimum Gasteiger partial charge on any atom is -0.453 e. The van der Waals surface area contributed by atoms with Crippen molar-refractivity contribution >= 4 is 45.7 Å². The van der Waals surface area contributed by atoms with Gasteiger partial charge in [-0.2, -0.15) is 0 Å². The molecule has 0 atom stereocenters. The van der Waals surface area contributed by atoms with Crippen molar-refractivity contribution in [3.05, 3.63) is 120 Å². The van der Waals surface area contributed by atoms with E-state index in [1.807, 2.05) is 109 Å². The van der Waals surface area contributed by atoms with Crippen LogP contribution in [0.25, 0.3) is 0 Å². The quantitative estimate of drug-likeness (QED) is 0.205. The number of hydrogen-bond acceptors (Lipinski definition) is 6. The lowest BCUT2D eigenvalue weighted by Gasteiger charge is -2.38. The third kappa shape index (κ3) is 3.25. The molecular formula is C35H24N2O4. The largest absolute Gasteiger partial charge is 0.453 e. The molecule has 6 heteroatoms. The number of ketones is 2. The summed E-state index contributed by atoms with van der Waals surface area (Å²) in [5, 5.41) is 0. The molecule has 198 valence electrons. The second kappa shape index (κ2) is 8.32. The maximum Gasteiger partial charge on any atom is 0.177 e. The second-order valence-corrected chi connectivity index (χ2v) is 10.9. The van der Waals surface area contributed by atoms with Gasteiger partial charge in [-0.1, -0.05) is 48.5 Å². The van der Waals surface area contributed by atoms with Crippen molar-refractivity contribution in [2.45, 2.75) is 13.8 Å².